The Bertz CT molecular complexity index is 502. The van der Waals surface area contributed by atoms with E-state index in [1.807, 2.05) is 48.5 Å². The summed E-state index contributed by atoms with van der Waals surface area (Å²) in [5.41, 5.74) is 3.42. The van der Waals surface area contributed by atoms with Gasteiger partial charge in [0, 0.05) is 5.56 Å². The van der Waals surface area contributed by atoms with Crippen LogP contribution in [0.2, 0.25) is 0 Å². The lowest BCUT2D eigenvalue weighted by Crippen LogP contribution is -1.99. The normalized spacial score (nSPS) is 12.8. The zero-order chi connectivity index (χ0) is 12.8. The van der Waals surface area contributed by atoms with Gasteiger partial charge >= 0.3 is 0 Å². The van der Waals surface area contributed by atoms with E-state index in [1.165, 1.54) is 5.56 Å². The second kappa shape index (κ2) is 6.43. The van der Waals surface area contributed by atoms with E-state index in [0.717, 1.165) is 11.1 Å². The fourth-order valence-corrected chi connectivity index (χ4v) is 2.54. The van der Waals surface area contributed by atoms with Gasteiger partial charge in [-0.1, -0.05) is 60.2 Å². The number of hydrogen-bond donors (Lipinski definition) is 0. The zero-order valence-corrected chi connectivity index (χ0v) is 11.2. The highest BCUT2D eigenvalue weighted by molar-refractivity contribution is 7.93. The maximum absolute atomic E-state index is 11.9. The highest BCUT2D eigenvalue weighted by Crippen LogP contribution is 2.10. The molecule has 0 saturated heterocycles. The topological polar surface area (TPSA) is 23.1 Å². The summed E-state index contributed by atoms with van der Waals surface area (Å²) in [4.78, 5) is 0. The third kappa shape index (κ3) is 4.06. The molecule has 2 aromatic rings. The van der Waals surface area contributed by atoms with Crippen LogP contribution in [0.4, 0.5) is 0 Å². The molecule has 0 N–H and O–H groups in total. The van der Waals surface area contributed by atoms with E-state index in [2.05, 4.69) is 19.1 Å². The van der Waals surface area contributed by atoms with Crippen LogP contribution in [-0.4, -0.2) is 4.55 Å². The van der Waals surface area contributed by atoms with E-state index in [4.69, 9.17) is 0 Å². The molecule has 18 heavy (non-hydrogen) atoms. The second-order valence-corrected chi connectivity index (χ2v) is 5.55. The SMILES string of the molecule is Cc1ccc(C=C[S+]([O-])Cc2ccccc2)cc1. The van der Waals surface area contributed by atoms with Gasteiger partial charge in [-0.05, 0) is 29.7 Å². The van der Waals surface area contributed by atoms with Crippen LogP contribution in [-0.2, 0) is 16.9 Å². The van der Waals surface area contributed by atoms with Crippen molar-refractivity contribution in [3.63, 3.8) is 0 Å². The van der Waals surface area contributed by atoms with Crippen LogP contribution in [0.25, 0.3) is 6.08 Å². The van der Waals surface area contributed by atoms with Crippen LogP contribution < -0.4 is 0 Å². The average Bonchev–Trinajstić information content (AvgIpc) is 2.39. The Morgan fingerprint density at radius 3 is 2.33 bits per heavy atom. The standard InChI is InChI=1S/C16H16OS/c1-14-7-9-15(10-8-14)11-12-18(17)13-16-5-3-2-4-6-16/h2-12H,13H2,1H3. The molecule has 0 saturated carbocycles. The molecule has 2 heteroatoms. The van der Waals surface area contributed by atoms with Crippen LogP contribution >= 0.6 is 0 Å². The third-order valence-electron chi connectivity index (χ3n) is 2.64. The van der Waals surface area contributed by atoms with Crippen molar-refractivity contribution in [2.24, 2.45) is 0 Å². The van der Waals surface area contributed by atoms with E-state index in [1.54, 1.807) is 5.41 Å². The summed E-state index contributed by atoms with van der Waals surface area (Å²) in [6.45, 7) is 2.06. The Morgan fingerprint density at radius 2 is 1.67 bits per heavy atom. The van der Waals surface area contributed by atoms with Crippen molar-refractivity contribution < 1.29 is 4.55 Å². The highest BCUT2D eigenvalue weighted by Gasteiger charge is 2.02. The summed E-state index contributed by atoms with van der Waals surface area (Å²) >= 11 is -0.957. The van der Waals surface area contributed by atoms with Gasteiger partial charge in [-0.25, -0.2) is 0 Å². The summed E-state index contributed by atoms with van der Waals surface area (Å²) in [5.74, 6) is 0.573. The molecule has 0 radical (unpaired) electrons. The smallest absolute Gasteiger partial charge is 0.135 e. The first-order valence-electron chi connectivity index (χ1n) is 5.90. The lowest BCUT2D eigenvalue weighted by Gasteiger charge is -2.05. The van der Waals surface area contributed by atoms with Gasteiger partial charge in [0.05, 0.1) is 0 Å². The molecule has 0 aliphatic carbocycles. The number of hydrogen-bond acceptors (Lipinski definition) is 1. The first-order valence-corrected chi connectivity index (χ1v) is 7.28. The van der Waals surface area contributed by atoms with Gasteiger partial charge in [0.15, 0.2) is 0 Å². The van der Waals surface area contributed by atoms with Crippen LogP contribution in [0.3, 0.4) is 0 Å². The molecule has 2 aromatic carbocycles. The maximum atomic E-state index is 11.9. The minimum atomic E-state index is -0.957. The molecule has 1 nitrogen and oxygen atoms in total. The summed E-state index contributed by atoms with van der Waals surface area (Å²) < 4.78 is 11.9. The average molecular weight is 256 g/mol. The molecule has 1 unspecified atom stereocenters. The van der Waals surface area contributed by atoms with Crippen molar-refractivity contribution in [3.8, 4) is 0 Å². The van der Waals surface area contributed by atoms with Crippen molar-refractivity contribution in [1.82, 2.24) is 0 Å². The Kier molecular flexibility index (Phi) is 4.62. The molecule has 0 bridgehead atoms. The number of aryl methyl sites for hydroxylation is 1. The zero-order valence-electron chi connectivity index (χ0n) is 10.4. The molecule has 0 fully saturated rings. The first kappa shape index (κ1) is 12.9. The third-order valence-corrected chi connectivity index (χ3v) is 3.70. The van der Waals surface area contributed by atoms with Gasteiger partial charge in [0.1, 0.15) is 11.2 Å². The Morgan fingerprint density at radius 1 is 1.00 bits per heavy atom. The number of benzene rings is 2. The van der Waals surface area contributed by atoms with Gasteiger partial charge in [0.2, 0.25) is 0 Å². The Hall–Kier alpha value is -1.51. The molecule has 2 rings (SSSR count). The van der Waals surface area contributed by atoms with Crippen molar-refractivity contribution in [2.45, 2.75) is 12.7 Å². The van der Waals surface area contributed by atoms with Gasteiger partial charge in [-0.15, -0.1) is 0 Å². The Labute approximate surface area is 111 Å². The van der Waals surface area contributed by atoms with Crippen LogP contribution in [0.1, 0.15) is 16.7 Å². The lowest BCUT2D eigenvalue weighted by molar-refractivity contribution is 0.603. The molecule has 0 aliphatic heterocycles. The molecular formula is C16H16OS. The van der Waals surface area contributed by atoms with Gasteiger partial charge in [-0.2, -0.15) is 0 Å². The van der Waals surface area contributed by atoms with Gasteiger partial charge < -0.3 is 4.55 Å². The fraction of sp³-hybridized carbons (Fsp3) is 0.125. The van der Waals surface area contributed by atoms with Crippen molar-refractivity contribution in [3.05, 3.63) is 76.7 Å². The van der Waals surface area contributed by atoms with Gasteiger partial charge in [-0.3, -0.25) is 0 Å². The summed E-state index contributed by atoms with van der Waals surface area (Å²) in [6, 6.07) is 18.1. The number of rotatable bonds is 4. The van der Waals surface area contributed by atoms with Crippen molar-refractivity contribution in [2.75, 3.05) is 0 Å². The molecule has 0 aromatic heterocycles. The summed E-state index contributed by atoms with van der Waals surface area (Å²) in [6.07, 6.45) is 1.92. The minimum absolute atomic E-state index is 0.573. The minimum Gasteiger partial charge on any atom is -0.612 e. The van der Waals surface area contributed by atoms with Crippen LogP contribution in [0, 0.1) is 6.92 Å². The summed E-state index contributed by atoms with van der Waals surface area (Å²) in [5, 5.41) is 1.76. The predicted octanol–water partition coefficient (Wildman–Crippen LogP) is 3.91. The molecule has 0 spiro atoms. The molecule has 0 amide bonds. The second-order valence-electron chi connectivity index (χ2n) is 4.22. The molecule has 0 aliphatic rings. The largest absolute Gasteiger partial charge is 0.612 e. The van der Waals surface area contributed by atoms with E-state index in [-0.39, 0.29) is 0 Å². The van der Waals surface area contributed by atoms with Gasteiger partial charge in [0.25, 0.3) is 0 Å². The monoisotopic (exact) mass is 256 g/mol. The van der Waals surface area contributed by atoms with E-state index in [9.17, 15) is 4.55 Å². The predicted molar refractivity (Wildman–Crippen MR) is 78.5 cm³/mol. The highest BCUT2D eigenvalue weighted by atomic mass is 32.2. The lowest BCUT2D eigenvalue weighted by atomic mass is 10.2. The van der Waals surface area contributed by atoms with Crippen molar-refractivity contribution in [1.29, 1.82) is 0 Å². The first-order chi connectivity index (χ1) is 8.74. The Balaban J connectivity index is 1.95. The van der Waals surface area contributed by atoms with Crippen LogP contribution in [0.15, 0.2) is 60.0 Å². The quantitative estimate of drug-likeness (QED) is 0.760. The molecular weight excluding hydrogens is 240 g/mol. The van der Waals surface area contributed by atoms with E-state index < -0.39 is 11.2 Å². The molecule has 92 valence electrons. The van der Waals surface area contributed by atoms with Crippen LogP contribution in [0.5, 0.6) is 0 Å². The van der Waals surface area contributed by atoms with E-state index >= 15 is 0 Å². The molecule has 0 heterocycles. The fourth-order valence-electron chi connectivity index (χ4n) is 1.62. The van der Waals surface area contributed by atoms with E-state index in [0.29, 0.717) is 5.75 Å². The molecule has 1 atom stereocenters. The maximum Gasteiger partial charge on any atom is 0.135 e. The van der Waals surface area contributed by atoms with Crippen molar-refractivity contribution >= 4 is 17.3 Å². The summed E-state index contributed by atoms with van der Waals surface area (Å²) in [7, 11) is 0.